The van der Waals surface area contributed by atoms with Crippen LogP contribution < -0.4 is 0 Å². The first-order chi connectivity index (χ1) is 6.71. The lowest BCUT2D eigenvalue weighted by molar-refractivity contribution is -0.142. The second-order valence-electron chi connectivity index (χ2n) is 3.23. The fraction of sp³-hybridized carbons (Fsp3) is 0.857. The van der Waals surface area contributed by atoms with Crippen LogP contribution in [0.2, 0.25) is 0 Å². The highest BCUT2D eigenvalue weighted by atomic mass is 35.5. The van der Waals surface area contributed by atoms with Gasteiger partial charge < -0.3 is 5.11 Å². The summed E-state index contributed by atoms with van der Waals surface area (Å²) in [6, 6.07) is 0. The van der Waals surface area contributed by atoms with E-state index in [1.807, 2.05) is 0 Å². The van der Waals surface area contributed by atoms with Crippen LogP contribution in [-0.4, -0.2) is 36.9 Å². The van der Waals surface area contributed by atoms with E-state index in [0.717, 1.165) is 0 Å². The molecule has 0 aromatic rings. The van der Waals surface area contributed by atoms with Crippen molar-refractivity contribution < 1.29 is 9.90 Å². The minimum Gasteiger partial charge on any atom is -0.481 e. The molecule has 0 aromatic carbocycles. The van der Waals surface area contributed by atoms with E-state index in [-0.39, 0.29) is 0 Å². The van der Waals surface area contributed by atoms with Crippen LogP contribution in [0.5, 0.6) is 0 Å². The molecule has 0 aromatic heterocycles. The fourth-order valence-corrected chi connectivity index (χ4v) is 3.84. The number of halogens is 6. The number of hydrogen-bond acceptors (Lipinski definition) is 1. The summed E-state index contributed by atoms with van der Waals surface area (Å²) in [5.41, 5.74) is 0. The molecule has 1 saturated carbocycles. The first kappa shape index (κ1) is 14.3. The Morgan fingerprint density at radius 3 is 1.60 bits per heavy atom. The molecule has 1 rings (SSSR count). The molecule has 1 aliphatic rings. The Hall–Kier alpha value is 1.21. The van der Waals surface area contributed by atoms with Gasteiger partial charge in [0.25, 0.3) is 0 Å². The average molecular weight is 335 g/mol. The van der Waals surface area contributed by atoms with Gasteiger partial charge in [0.05, 0.1) is 27.4 Å². The summed E-state index contributed by atoms with van der Waals surface area (Å²) in [6.45, 7) is 0. The lowest BCUT2D eigenvalue weighted by Gasteiger charge is -2.43. The van der Waals surface area contributed by atoms with E-state index in [1.54, 1.807) is 0 Å². The normalized spacial score (nSPS) is 45.1. The molecule has 8 heteroatoms. The van der Waals surface area contributed by atoms with E-state index in [4.69, 9.17) is 74.7 Å². The smallest absolute Gasteiger partial charge is 0.309 e. The van der Waals surface area contributed by atoms with Crippen LogP contribution in [0.25, 0.3) is 0 Å². The Morgan fingerprint density at radius 2 is 1.33 bits per heavy atom. The summed E-state index contributed by atoms with van der Waals surface area (Å²) >= 11 is 35.2. The maximum absolute atomic E-state index is 10.9. The van der Waals surface area contributed by atoms with Gasteiger partial charge in [0.1, 0.15) is 0 Å². The highest BCUT2D eigenvalue weighted by Crippen LogP contribution is 2.50. The van der Waals surface area contributed by atoms with Gasteiger partial charge in [0, 0.05) is 0 Å². The van der Waals surface area contributed by atoms with Crippen molar-refractivity contribution in [2.75, 3.05) is 0 Å². The first-order valence-corrected chi connectivity index (χ1v) is 6.38. The van der Waals surface area contributed by atoms with Crippen molar-refractivity contribution in [2.45, 2.75) is 25.8 Å². The molecule has 0 aliphatic heterocycles. The predicted octanol–water partition coefficient (Wildman–Crippen LogP) is 3.30. The predicted molar refractivity (Wildman–Crippen MR) is 64.1 cm³/mol. The van der Waals surface area contributed by atoms with Gasteiger partial charge in [-0.2, -0.15) is 0 Å². The maximum Gasteiger partial charge on any atom is 0.309 e. The van der Waals surface area contributed by atoms with Crippen molar-refractivity contribution >= 4 is 75.6 Å². The average Bonchev–Trinajstić information content (AvgIpc) is 2.12. The van der Waals surface area contributed by atoms with Crippen LogP contribution in [-0.2, 0) is 4.79 Å². The zero-order chi connectivity index (χ0) is 12.0. The van der Waals surface area contributed by atoms with Gasteiger partial charge >= 0.3 is 5.97 Å². The second kappa shape index (κ2) is 4.83. The summed E-state index contributed by atoms with van der Waals surface area (Å²) < 4.78 is -1.55. The summed E-state index contributed by atoms with van der Waals surface area (Å²) in [6.07, 6.45) is 0. The summed E-state index contributed by atoms with van der Waals surface area (Å²) in [7, 11) is 0. The Balaban J connectivity index is 3.05. The Labute approximate surface area is 117 Å². The number of rotatable bonds is 1. The molecule has 0 amide bonds. The van der Waals surface area contributed by atoms with E-state index in [0.29, 0.717) is 0 Å². The van der Waals surface area contributed by atoms with Gasteiger partial charge in [-0.05, 0) is 0 Å². The van der Waals surface area contributed by atoms with Crippen molar-refractivity contribution in [3.8, 4) is 0 Å². The third kappa shape index (κ3) is 2.41. The molecule has 4 atom stereocenters. The largest absolute Gasteiger partial charge is 0.481 e. The van der Waals surface area contributed by atoms with Crippen molar-refractivity contribution in [3.63, 3.8) is 0 Å². The van der Waals surface area contributed by atoms with Crippen molar-refractivity contribution in [2.24, 2.45) is 5.92 Å². The molecular formula is C7H6Cl6O2. The molecule has 1 N–H and O–H groups in total. The van der Waals surface area contributed by atoms with Gasteiger partial charge in [0.2, 0.25) is 0 Å². The molecule has 15 heavy (non-hydrogen) atoms. The molecule has 88 valence electrons. The van der Waals surface area contributed by atoms with Gasteiger partial charge in [0.15, 0.2) is 4.33 Å². The highest BCUT2D eigenvalue weighted by molar-refractivity contribution is 6.58. The minimum absolute atomic E-state index is 0.975. The van der Waals surface area contributed by atoms with Crippen molar-refractivity contribution in [1.82, 2.24) is 0 Å². The van der Waals surface area contributed by atoms with Crippen LogP contribution in [0.15, 0.2) is 0 Å². The number of aliphatic carboxylic acids is 1. The third-order valence-corrected chi connectivity index (χ3v) is 6.19. The Morgan fingerprint density at radius 1 is 1.00 bits per heavy atom. The summed E-state index contributed by atoms with van der Waals surface area (Å²) in [5.74, 6) is -2.25. The maximum atomic E-state index is 10.9. The molecule has 0 saturated heterocycles. The zero-order valence-corrected chi connectivity index (χ0v) is 11.5. The number of carboxylic acid groups (broad SMARTS) is 1. The van der Waals surface area contributed by atoms with Gasteiger partial charge in [-0.15, -0.1) is 46.4 Å². The van der Waals surface area contributed by atoms with Gasteiger partial charge in [-0.1, -0.05) is 23.2 Å². The monoisotopic (exact) mass is 332 g/mol. The van der Waals surface area contributed by atoms with Crippen molar-refractivity contribution in [3.05, 3.63) is 0 Å². The molecule has 1 aliphatic carbocycles. The van der Waals surface area contributed by atoms with Crippen LogP contribution in [0.1, 0.15) is 0 Å². The quantitative estimate of drug-likeness (QED) is 0.747. The van der Waals surface area contributed by atoms with Crippen LogP contribution in [0.4, 0.5) is 0 Å². The summed E-state index contributed by atoms with van der Waals surface area (Å²) in [5, 5.41) is 4.99. The molecule has 0 radical (unpaired) electrons. The highest BCUT2D eigenvalue weighted by Gasteiger charge is 2.58. The van der Waals surface area contributed by atoms with E-state index in [1.165, 1.54) is 0 Å². The molecule has 0 bridgehead atoms. The van der Waals surface area contributed by atoms with E-state index >= 15 is 0 Å². The van der Waals surface area contributed by atoms with Crippen LogP contribution in [0.3, 0.4) is 0 Å². The Bertz CT molecular complexity index is 252. The number of alkyl halides is 6. The Kier molecular flexibility index (Phi) is 4.60. The molecule has 0 heterocycles. The number of hydrogen-bond donors (Lipinski definition) is 1. The summed E-state index contributed by atoms with van der Waals surface area (Å²) in [4.78, 5) is 10.9. The standard InChI is InChI=1S/C7H6Cl6O2/c8-2-1(6(14)15)3(9)5(11)7(12,13)4(2)10/h1-5H,(H,14,15). The topological polar surface area (TPSA) is 37.3 Å². The van der Waals surface area contributed by atoms with Gasteiger partial charge in [-0.25, -0.2) is 0 Å². The first-order valence-electron chi connectivity index (χ1n) is 3.88. The molecule has 2 nitrogen and oxygen atoms in total. The minimum atomic E-state index is -1.55. The molecule has 0 spiro atoms. The molecule has 1 fully saturated rings. The molecule has 4 unspecified atom stereocenters. The van der Waals surface area contributed by atoms with Crippen molar-refractivity contribution in [1.29, 1.82) is 0 Å². The van der Waals surface area contributed by atoms with E-state index < -0.39 is 37.7 Å². The van der Waals surface area contributed by atoms with Crippen LogP contribution >= 0.6 is 69.6 Å². The lowest BCUT2D eigenvalue weighted by atomic mass is 9.86. The fourth-order valence-electron chi connectivity index (χ4n) is 1.39. The lowest BCUT2D eigenvalue weighted by Crippen LogP contribution is -2.58. The SMILES string of the molecule is O=C(O)C1C(Cl)C(Cl)C(Cl)(Cl)C(Cl)C1Cl. The van der Waals surface area contributed by atoms with Gasteiger partial charge in [-0.3, -0.25) is 4.79 Å². The number of carbonyl (C=O) groups is 1. The molecular weight excluding hydrogens is 329 g/mol. The zero-order valence-electron chi connectivity index (χ0n) is 7.01. The van der Waals surface area contributed by atoms with Crippen LogP contribution in [0, 0.1) is 5.92 Å². The second-order valence-corrected chi connectivity index (χ2v) is 6.62. The third-order valence-electron chi connectivity index (χ3n) is 2.27. The number of carboxylic acids is 1. The van der Waals surface area contributed by atoms with E-state index in [9.17, 15) is 4.79 Å². The van der Waals surface area contributed by atoms with E-state index in [2.05, 4.69) is 0 Å².